The molecule has 0 spiro atoms. The number of thiazole rings is 1. The van der Waals surface area contributed by atoms with Gasteiger partial charge < -0.3 is 5.32 Å². The first-order valence-electron chi connectivity index (χ1n) is 9.89. The number of rotatable bonds is 5. The van der Waals surface area contributed by atoms with E-state index in [9.17, 15) is 13.6 Å². The number of carbonyl (C=O) groups excluding carboxylic acids is 1. The largest absolute Gasteiger partial charge is 0.346 e. The Kier molecular flexibility index (Phi) is 5.98. The highest BCUT2D eigenvalue weighted by Gasteiger charge is 2.18. The molecule has 0 fully saturated rings. The van der Waals surface area contributed by atoms with Gasteiger partial charge >= 0.3 is 0 Å². The van der Waals surface area contributed by atoms with Crippen molar-refractivity contribution >= 4 is 17.2 Å². The summed E-state index contributed by atoms with van der Waals surface area (Å²) in [5, 5.41) is 16.0. The minimum atomic E-state index is -0.642. The quantitative estimate of drug-likeness (QED) is 0.472. The fourth-order valence-electron chi connectivity index (χ4n) is 3.54. The summed E-state index contributed by atoms with van der Waals surface area (Å²) in [6, 6.07) is 7.35. The van der Waals surface area contributed by atoms with Crippen LogP contribution in [-0.2, 0) is 6.54 Å². The van der Waals surface area contributed by atoms with E-state index in [1.54, 1.807) is 43.1 Å². The lowest BCUT2D eigenvalue weighted by Crippen LogP contribution is -2.23. The molecule has 166 valence electrons. The van der Waals surface area contributed by atoms with Crippen molar-refractivity contribution in [1.29, 1.82) is 5.26 Å². The minimum absolute atomic E-state index is 0.0556. The van der Waals surface area contributed by atoms with Crippen LogP contribution in [-0.4, -0.2) is 25.7 Å². The van der Waals surface area contributed by atoms with Gasteiger partial charge in [0, 0.05) is 29.1 Å². The second-order valence-corrected chi connectivity index (χ2v) is 8.19. The molecule has 1 aromatic carbocycles. The van der Waals surface area contributed by atoms with Crippen molar-refractivity contribution in [2.45, 2.75) is 27.3 Å². The molecule has 0 aliphatic carbocycles. The van der Waals surface area contributed by atoms with Crippen molar-refractivity contribution < 1.29 is 13.6 Å². The molecule has 0 saturated carbocycles. The Bertz CT molecular complexity index is 1420. The Labute approximate surface area is 192 Å². The number of halogens is 2. The first-order chi connectivity index (χ1) is 15.8. The Morgan fingerprint density at radius 3 is 2.58 bits per heavy atom. The molecule has 0 radical (unpaired) electrons. The fourth-order valence-corrected chi connectivity index (χ4v) is 4.25. The second kappa shape index (κ2) is 8.88. The molecule has 4 rings (SSSR count). The molecule has 0 bridgehead atoms. The highest BCUT2D eigenvalue weighted by atomic mass is 32.1. The van der Waals surface area contributed by atoms with Crippen molar-refractivity contribution in [1.82, 2.24) is 25.1 Å². The van der Waals surface area contributed by atoms with Gasteiger partial charge in [-0.15, -0.1) is 11.3 Å². The van der Waals surface area contributed by atoms with Crippen LogP contribution in [0.2, 0.25) is 0 Å². The highest BCUT2D eigenvalue weighted by Crippen LogP contribution is 2.29. The number of nitrogens with one attached hydrogen (secondary N) is 1. The molecular weight excluding hydrogens is 446 g/mol. The maximum Gasteiger partial charge on any atom is 0.263 e. The number of nitriles is 1. The molecule has 0 unspecified atom stereocenters. The maximum absolute atomic E-state index is 14.8. The lowest BCUT2D eigenvalue weighted by Gasteiger charge is -2.09. The fraction of sp³-hybridized carbons (Fsp3) is 0.174. The van der Waals surface area contributed by atoms with Gasteiger partial charge in [0.05, 0.1) is 40.4 Å². The van der Waals surface area contributed by atoms with Crippen LogP contribution >= 0.6 is 11.3 Å². The van der Waals surface area contributed by atoms with Gasteiger partial charge in [0.1, 0.15) is 22.6 Å². The molecule has 4 aromatic rings. The molecule has 1 N–H and O–H groups in total. The molecule has 0 saturated heterocycles. The number of aromatic nitrogens is 4. The lowest BCUT2D eigenvalue weighted by atomic mass is 10.1. The summed E-state index contributed by atoms with van der Waals surface area (Å²) in [5.41, 5.74) is 5.15. The van der Waals surface area contributed by atoms with Crippen LogP contribution in [0.3, 0.4) is 0 Å². The first kappa shape index (κ1) is 22.2. The van der Waals surface area contributed by atoms with E-state index in [1.165, 1.54) is 35.7 Å². The number of aryl methyl sites for hydroxylation is 2. The molecule has 0 aliphatic rings. The summed E-state index contributed by atoms with van der Waals surface area (Å²) in [7, 11) is 0. The molecular formula is C23H18F2N6OS. The first-order valence-corrected chi connectivity index (χ1v) is 10.8. The summed E-state index contributed by atoms with van der Waals surface area (Å²) >= 11 is 1.22. The van der Waals surface area contributed by atoms with Crippen LogP contribution in [0.25, 0.3) is 16.8 Å². The zero-order valence-electron chi connectivity index (χ0n) is 18.0. The zero-order valence-corrected chi connectivity index (χ0v) is 18.8. The molecule has 3 heterocycles. The van der Waals surface area contributed by atoms with Crippen LogP contribution in [0, 0.1) is 43.7 Å². The van der Waals surface area contributed by atoms with Gasteiger partial charge in [0.25, 0.3) is 5.91 Å². The highest BCUT2D eigenvalue weighted by molar-refractivity contribution is 7.11. The average Bonchev–Trinajstić information content (AvgIpc) is 3.35. The molecule has 3 aromatic heterocycles. The van der Waals surface area contributed by atoms with E-state index in [-0.39, 0.29) is 23.7 Å². The summed E-state index contributed by atoms with van der Waals surface area (Å²) < 4.78 is 30.4. The van der Waals surface area contributed by atoms with E-state index >= 15 is 0 Å². The third-order valence-corrected chi connectivity index (χ3v) is 6.11. The molecule has 0 aliphatic heterocycles. The number of hydrogen-bond donors (Lipinski definition) is 1. The SMILES string of the molecule is Cc1ncsc1C(=O)NCc1ncc(-c2c(C)nn(-c3ccc(C#N)c(F)c3)c2C)cc1F. The van der Waals surface area contributed by atoms with Crippen LogP contribution < -0.4 is 5.32 Å². The van der Waals surface area contributed by atoms with Gasteiger partial charge in [0.2, 0.25) is 0 Å². The minimum Gasteiger partial charge on any atom is -0.346 e. The summed E-state index contributed by atoms with van der Waals surface area (Å²) in [5.74, 6) is -1.54. The van der Waals surface area contributed by atoms with Crippen LogP contribution in [0.1, 0.15) is 38.0 Å². The molecule has 0 atom stereocenters. The topological polar surface area (TPSA) is 96.5 Å². The van der Waals surface area contributed by atoms with Crippen molar-refractivity contribution in [3.63, 3.8) is 0 Å². The van der Waals surface area contributed by atoms with E-state index in [0.29, 0.717) is 38.8 Å². The number of pyridine rings is 1. The third-order valence-electron chi connectivity index (χ3n) is 5.18. The van der Waals surface area contributed by atoms with E-state index in [1.807, 2.05) is 0 Å². The number of nitrogens with zero attached hydrogens (tertiary/aromatic N) is 5. The van der Waals surface area contributed by atoms with Crippen LogP contribution in [0.15, 0.2) is 36.0 Å². The Morgan fingerprint density at radius 2 is 1.94 bits per heavy atom. The summed E-state index contributed by atoms with van der Waals surface area (Å²) in [4.78, 5) is 21.0. The monoisotopic (exact) mass is 464 g/mol. The smallest absolute Gasteiger partial charge is 0.263 e. The van der Waals surface area contributed by atoms with Gasteiger partial charge in [0.15, 0.2) is 0 Å². The Balaban J connectivity index is 1.59. The van der Waals surface area contributed by atoms with E-state index in [2.05, 4.69) is 20.4 Å². The van der Waals surface area contributed by atoms with Gasteiger partial charge in [-0.25, -0.2) is 18.4 Å². The number of hydrogen-bond acceptors (Lipinski definition) is 6. The molecule has 33 heavy (non-hydrogen) atoms. The average molecular weight is 465 g/mol. The standard InChI is InChI=1S/C23H18F2N6OS/c1-12-21(14(3)31(30-12)17-5-4-15(8-26)18(24)7-17)16-6-19(25)20(27-9-16)10-28-23(32)22-13(2)29-11-33-22/h4-7,9,11H,10H2,1-3H3,(H,28,32). The van der Waals surface area contributed by atoms with Crippen molar-refractivity contribution in [3.05, 3.63) is 80.8 Å². The number of benzene rings is 1. The Morgan fingerprint density at radius 1 is 1.15 bits per heavy atom. The third kappa shape index (κ3) is 4.23. The molecule has 1 amide bonds. The van der Waals surface area contributed by atoms with E-state index in [4.69, 9.17) is 5.26 Å². The predicted octanol–water partition coefficient (Wildman–Crippen LogP) is 4.40. The number of amides is 1. The van der Waals surface area contributed by atoms with Crippen molar-refractivity contribution in [3.8, 4) is 22.9 Å². The summed E-state index contributed by atoms with van der Waals surface area (Å²) in [6.45, 7) is 5.22. The van der Waals surface area contributed by atoms with Crippen LogP contribution in [0.4, 0.5) is 8.78 Å². The Hall–Kier alpha value is -3.97. The van der Waals surface area contributed by atoms with Gasteiger partial charge in [-0.05, 0) is 39.0 Å². The van der Waals surface area contributed by atoms with Crippen LogP contribution in [0.5, 0.6) is 0 Å². The van der Waals surface area contributed by atoms with Crippen molar-refractivity contribution in [2.24, 2.45) is 0 Å². The van der Waals surface area contributed by atoms with Gasteiger partial charge in [-0.1, -0.05) is 0 Å². The normalized spacial score (nSPS) is 10.8. The van der Waals surface area contributed by atoms with Gasteiger partial charge in [-0.3, -0.25) is 9.78 Å². The molecule has 7 nitrogen and oxygen atoms in total. The lowest BCUT2D eigenvalue weighted by molar-refractivity contribution is 0.0953. The van der Waals surface area contributed by atoms with E-state index in [0.717, 1.165) is 0 Å². The zero-order chi connectivity index (χ0) is 23.7. The van der Waals surface area contributed by atoms with Crippen molar-refractivity contribution in [2.75, 3.05) is 0 Å². The van der Waals surface area contributed by atoms with E-state index < -0.39 is 11.6 Å². The maximum atomic E-state index is 14.8. The van der Waals surface area contributed by atoms with Gasteiger partial charge in [-0.2, -0.15) is 10.4 Å². The molecule has 10 heteroatoms. The number of carbonyl (C=O) groups is 1. The second-order valence-electron chi connectivity index (χ2n) is 7.34. The summed E-state index contributed by atoms with van der Waals surface area (Å²) in [6.07, 6.45) is 1.52. The predicted molar refractivity (Wildman–Crippen MR) is 119 cm³/mol.